The van der Waals surface area contributed by atoms with Crippen LogP contribution >= 0.6 is 0 Å². The van der Waals surface area contributed by atoms with Crippen LogP contribution in [0.25, 0.3) is 0 Å². The average Bonchev–Trinajstić information content (AvgIpc) is 1.78. The van der Waals surface area contributed by atoms with E-state index in [1.807, 2.05) is 0 Å². The van der Waals surface area contributed by atoms with E-state index in [1.54, 1.807) is 6.92 Å². The molecule has 0 saturated heterocycles. The van der Waals surface area contributed by atoms with Gasteiger partial charge in [-0.25, -0.2) is 8.42 Å². The Morgan fingerprint density at radius 2 is 2.30 bits per heavy atom. The summed E-state index contributed by atoms with van der Waals surface area (Å²) in [6.45, 7) is 1.78. The Balaban J connectivity index is 2.94. The zero-order valence-corrected chi connectivity index (χ0v) is 6.80. The van der Waals surface area contributed by atoms with Crippen molar-refractivity contribution in [2.75, 3.05) is 12.8 Å². The number of hydrogen-bond donors (Lipinski definition) is 0. The number of rotatable bonds is 0. The zero-order valence-electron chi connectivity index (χ0n) is 5.98. The van der Waals surface area contributed by atoms with Crippen LogP contribution in [-0.4, -0.2) is 37.9 Å². The third-order valence-corrected chi connectivity index (χ3v) is 3.25. The third kappa shape index (κ3) is 1.29. The first-order valence-corrected chi connectivity index (χ1v) is 4.62. The molecule has 1 atom stereocenters. The van der Waals surface area contributed by atoms with Gasteiger partial charge in [-0.15, -0.1) is 0 Å². The number of sulfonamides is 1. The predicted molar refractivity (Wildman–Crippen MR) is 39.5 cm³/mol. The second kappa shape index (κ2) is 2.23. The summed E-state index contributed by atoms with van der Waals surface area (Å²) in [5.41, 5.74) is 0. The molecule has 5 heteroatoms. The molecule has 0 saturated carbocycles. The lowest BCUT2D eigenvalue weighted by Gasteiger charge is -2.20. The fourth-order valence-electron chi connectivity index (χ4n) is 0.745. The first-order valence-electron chi connectivity index (χ1n) is 3.01. The van der Waals surface area contributed by atoms with Crippen molar-refractivity contribution in [1.29, 1.82) is 0 Å². The van der Waals surface area contributed by atoms with Crippen molar-refractivity contribution in [2.45, 2.75) is 13.0 Å². The molecule has 0 N–H and O–H groups in total. The van der Waals surface area contributed by atoms with Crippen LogP contribution < -0.4 is 0 Å². The first kappa shape index (κ1) is 7.53. The summed E-state index contributed by atoms with van der Waals surface area (Å²) >= 11 is 0. The lowest BCUT2D eigenvalue weighted by atomic mass is 10.4. The minimum absolute atomic E-state index is 0.0961. The maximum atomic E-state index is 11.0. The van der Waals surface area contributed by atoms with Gasteiger partial charge in [0.1, 0.15) is 0 Å². The van der Waals surface area contributed by atoms with Crippen LogP contribution in [0.2, 0.25) is 0 Å². The normalized spacial score (nSPS) is 30.6. The van der Waals surface area contributed by atoms with Crippen LogP contribution in [0.3, 0.4) is 0 Å². The highest BCUT2D eigenvalue weighted by Crippen LogP contribution is 2.06. The predicted octanol–water partition coefficient (Wildman–Crippen LogP) is -0.322. The van der Waals surface area contributed by atoms with Crippen LogP contribution in [-0.2, 0) is 10.0 Å². The number of hydrogen-bond acceptors (Lipinski definition) is 3. The van der Waals surface area contributed by atoms with Crippen LogP contribution in [0.1, 0.15) is 6.92 Å². The van der Waals surface area contributed by atoms with Crippen molar-refractivity contribution in [3.8, 4) is 0 Å². The molecule has 1 unspecified atom stereocenters. The van der Waals surface area contributed by atoms with Gasteiger partial charge >= 0.3 is 0 Å². The maximum absolute atomic E-state index is 11.0. The molecule has 0 amide bonds. The molecule has 58 valence electrons. The molecule has 1 aliphatic rings. The molecule has 1 heterocycles. The van der Waals surface area contributed by atoms with Gasteiger partial charge in [0.25, 0.3) is 0 Å². The van der Waals surface area contributed by atoms with Gasteiger partial charge in [-0.1, -0.05) is 0 Å². The monoisotopic (exact) mass is 162 g/mol. The molecule has 1 aliphatic heterocycles. The molecule has 0 fully saturated rings. The Morgan fingerprint density at radius 3 is 2.70 bits per heavy atom. The van der Waals surface area contributed by atoms with Crippen molar-refractivity contribution in [3.63, 3.8) is 0 Å². The SMILES string of the molecule is CC1CS(=O)(=O)N(C)C=N1. The third-order valence-electron chi connectivity index (χ3n) is 1.37. The standard InChI is InChI=1S/C5H10N2O2S/c1-5-3-10(8,9)7(2)4-6-5/h4-5H,3H2,1-2H3. The van der Waals surface area contributed by atoms with E-state index in [9.17, 15) is 8.42 Å². The van der Waals surface area contributed by atoms with E-state index in [1.165, 1.54) is 13.4 Å². The maximum Gasteiger partial charge on any atom is 0.237 e. The van der Waals surface area contributed by atoms with Gasteiger partial charge in [0.05, 0.1) is 18.1 Å². The van der Waals surface area contributed by atoms with E-state index in [-0.39, 0.29) is 11.8 Å². The summed E-state index contributed by atoms with van der Waals surface area (Å²) in [7, 11) is -1.54. The summed E-state index contributed by atoms with van der Waals surface area (Å²) in [6.07, 6.45) is 1.35. The van der Waals surface area contributed by atoms with Crippen LogP contribution in [0.5, 0.6) is 0 Å². The quantitative estimate of drug-likeness (QED) is 0.490. The zero-order chi connectivity index (χ0) is 7.78. The molecule has 0 aromatic carbocycles. The van der Waals surface area contributed by atoms with Crippen LogP contribution in [0.15, 0.2) is 4.99 Å². The molecule has 10 heavy (non-hydrogen) atoms. The molecule has 0 aromatic heterocycles. The second-order valence-corrected chi connectivity index (χ2v) is 4.48. The molecular formula is C5H10N2O2S. The molecular weight excluding hydrogens is 152 g/mol. The Morgan fingerprint density at radius 1 is 1.70 bits per heavy atom. The molecule has 4 nitrogen and oxygen atoms in total. The number of nitrogens with zero attached hydrogens (tertiary/aromatic N) is 2. The van der Waals surface area contributed by atoms with Crippen LogP contribution in [0.4, 0.5) is 0 Å². The largest absolute Gasteiger partial charge is 0.271 e. The van der Waals surface area contributed by atoms with E-state index in [0.29, 0.717) is 0 Å². The number of aliphatic imine (C=N–C) groups is 1. The molecule has 0 spiro atoms. The first-order chi connectivity index (χ1) is 4.52. The van der Waals surface area contributed by atoms with Crippen LogP contribution in [0, 0.1) is 0 Å². The molecule has 0 aromatic rings. The highest BCUT2D eigenvalue weighted by atomic mass is 32.2. The minimum atomic E-state index is -3.03. The Kier molecular flexibility index (Phi) is 1.68. The molecule has 0 radical (unpaired) electrons. The van der Waals surface area contributed by atoms with Gasteiger partial charge < -0.3 is 0 Å². The van der Waals surface area contributed by atoms with Gasteiger partial charge in [-0.2, -0.15) is 0 Å². The van der Waals surface area contributed by atoms with Gasteiger partial charge in [-0.05, 0) is 6.92 Å². The van der Waals surface area contributed by atoms with E-state index < -0.39 is 10.0 Å². The molecule has 0 bridgehead atoms. The highest BCUT2D eigenvalue weighted by Gasteiger charge is 2.22. The van der Waals surface area contributed by atoms with Gasteiger partial charge in [0.15, 0.2) is 0 Å². The summed E-state index contributed by atoms with van der Waals surface area (Å²) in [5.74, 6) is 0.125. The van der Waals surface area contributed by atoms with Crippen molar-refractivity contribution in [3.05, 3.63) is 0 Å². The average molecular weight is 162 g/mol. The van der Waals surface area contributed by atoms with E-state index in [2.05, 4.69) is 4.99 Å². The topological polar surface area (TPSA) is 49.7 Å². The fourth-order valence-corrected chi connectivity index (χ4v) is 1.87. The molecule has 0 aliphatic carbocycles. The van der Waals surface area contributed by atoms with Crippen molar-refractivity contribution >= 4 is 16.4 Å². The van der Waals surface area contributed by atoms with Gasteiger partial charge in [0, 0.05) is 7.05 Å². The van der Waals surface area contributed by atoms with Crippen molar-refractivity contribution in [2.24, 2.45) is 4.99 Å². The highest BCUT2D eigenvalue weighted by molar-refractivity contribution is 7.89. The van der Waals surface area contributed by atoms with Crippen molar-refractivity contribution < 1.29 is 8.42 Å². The smallest absolute Gasteiger partial charge is 0.237 e. The summed E-state index contributed by atoms with van der Waals surface area (Å²) in [5, 5.41) is 0. The lowest BCUT2D eigenvalue weighted by Crippen LogP contribution is -2.36. The van der Waals surface area contributed by atoms with E-state index >= 15 is 0 Å². The van der Waals surface area contributed by atoms with E-state index in [0.717, 1.165) is 4.31 Å². The minimum Gasteiger partial charge on any atom is -0.271 e. The second-order valence-electron chi connectivity index (χ2n) is 2.41. The van der Waals surface area contributed by atoms with Gasteiger partial charge in [-0.3, -0.25) is 9.30 Å². The van der Waals surface area contributed by atoms with E-state index in [4.69, 9.17) is 0 Å². The summed E-state index contributed by atoms with van der Waals surface area (Å²) < 4.78 is 23.2. The molecule has 1 rings (SSSR count). The Hall–Kier alpha value is -0.580. The summed E-state index contributed by atoms with van der Waals surface area (Å²) in [6, 6.07) is -0.0961. The fraction of sp³-hybridized carbons (Fsp3) is 0.800. The Labute approximate surface area is 60.6 Å². The summed E-state index contributed by atoms with van der Waals surface area (Å²) in [4.78, 5) is 3.93. The Bertz CT molecular complexity index is 244. The van der Waals surface area contributed by atoms with Crippen molar-refractivity contribution in [1.82, 2.24) is 4.31 Å². The van der Waals surface area contributed by atoms with Gasteiger partial charge in [0.2, 0.25) is 10.0 Å². The lowest BCUT2D eigenvalue weighted by molar-refractivity contribution is 0.541.